The molecule has 136 valence electrons. The highest BCUT2D eigenvalue weighted by molar-refractivity contribution is 5.86. The Labute approximate surface area is 153 Å². The number of hydroxylamine groups is 1. The van der Waals surface area contributed by atoms with E-state index in [9.17, 15) is 15.1 Å². The van der Waals surface area contributed by atoms with E-state index in [0.717, 1.165) is 15.9 Å². The predicted molar refractivity (Wildman–Crippen MR) is 98.5 cm³/mol. The number of esters is 1. The Bertz CT molecular complexity index is 758. The predicted octanol–water partition coefficient (Wildman–Crippen LogP) is 3.21. The molecule has 0 saturated heterocycles. The standard InChI is InChI=1S/C21H23NO4/c23-20(17-9-5-2-6-10-17)14-19-13-18(11-12-22(19)25)21(24)26-15-16-7-3-1-4-8-16/h1-10,18,20,23H,11-15H2/t18-,20+/m1/s1. The summed E-state index contributed by atoms with van der Waals surface area (Å²) in [6.07, 6.45) is 0.292. The van der Waals surface area contributed by atoms with Crippen molar-refractivity contribution < 1.29 is 19.4 Å². The zero-order valence-electron chi connectivity index (χ0n) is 14.6. The van der Waals surface area contributed by atoms with Gasteiger partial charge in [-0.05, 0) is 11.1 Å². The molecule has 2 aromatic rings. The number of hydrogen-bond acceptors (Lipinski definition) is 4. The first kappa shape index (κ1) is 18.1. The van der Waals surface area contributed by atoms with Crippen LogP contribution in [0.1, 0.15) is 36.5 Å². The lowest BCUT2D eigenvalue weighted by Gasteiger charge is -2.23. The summed E-state index contributed by atoms with van der Waals surface area (Å²) in [5.74, 6) is -0.615. The summed E-state index contributed by atoms with van der Waals surface area (Å²) < 4.78 is 6.32. The van der Waals surface area contributed by atoms with Gasteiger partial charge in [-0.1, -0.05) is 60.7 Å². The molecule has 1 aliphatic rings. The Kier molecular flexibility index (Phi) is 6.02. The minimum Gasteiger partial charge on any atom is -0.624 e. The monoisotopic (exact) mass is 353 g/mol. The molecule has 0 spiro atoms. The van der Waals surface area contributed by atoms with E-state index in [1.807, 2.05) is 60.7 Å². The number of nitrogens with zero attached hydrogens (tertiary/aromatic N) is 1. The molecule has 3 rings (SSSR count). The maximum Gasteiger partial charge on any atom is 0.310 e. The Balaban J connectivity index is 1.57. The van der Waals surface area contributed by atoms with Gasteiger partial charge in [-0.15, -0.1) is 0 Å². The summed E-state index contributed by atoms with van der Waals surface area (Å²) in [5.41, 5.74) is 2.25. The molecular weight excluding hydrogens is 330 g/mol. The van der Waals surface area contributed by atoms with E-state index >= 15 is 0 Å². The number of ether oxygens (including phenoxy) is 1. The first-order valence-corrected chi connectivity index (χ1v) is 8.86. The van der Waals surface area contributed by atoms with Crippen LogP contribution in [-0.2, 0) is 16.1 Å². The van der Waals surface area contributed by atoms with Gasteiger partial charge in [0.05, 0.1) is 18.4 Å². The van der Waals surface area contributed by atoms with Gasteiger partial charge in [0, 0.05) is 12.8 Å². The number of aliphatic hydroxyl groups excluding tert-OH is 1. The molecule has 2 atom stereocenters. The molecule has 0 aromatic heterocycles. The van der Waals surface area contributed by atoms with Crippen molar-refractivity contribution in [3.63, 3.8) is 0 Å². The number of carbonyl (C=O) groups is 1. The molecule has 1 heterocycles. The molecule has 0 saturated carbocycles. The topological polar surface area (TPSA) is 72.6 Å². The third-order valence-corrected chi connectivity index (χ3v) is 4.69. The van der Waals surface area contributed by atoms with Gasteiger partial charge in [0.2, 0.25) is 0 Å². The SMILES string of the molecule is O=C(OCc1ccccc1)[C@@H]1CC[N+]([O-])=C(C[C@H](O)c2ccccc2)C1. The average molecular weight is 353 g/mol. The van der Waals surface area contributed by atoms with E-state index in [4.69, 9.17) is 4.74 Å². The molecule has 2 aromatic carbocycles. The maximum absolute atomic E-state index is 12.4. The van der Waals surface area contributed by atoms with Crippen molar-refractivity contribution in [1.29, 1.82) is 0 Å². The zero-order valence-corrected chi connectivity index (χ0v) is 14.6. The Hall–Kier alpha value is -2.66. The van der Waals surface area contributed by atoms with Crippen molar-refractivity contribution in [2.45, 2.75) is 32.0 Å². The van der Waals surface area contributed by atoms with E-state index in [2.05, 4.69) is 0 Å². The van der Waals surface area contributed by atoms with Gasteiger partial charge >= 0.3 is 5.97 Å². The van der Waals surface area contributed by atoms with E-state index in [-0.39, 0.29) is 31.5 Å². The van der Waals surface area contributed by atoms with Gasteiger partial charge in [-0.25, -0.2) is 4.74 Å². The van der Waals surface area contributed by atoms with E-state index in [0.29, 0.717) is 18.6 Å². The number of hydrogen-bond donors (Lipinski definition) is 1. The van der Waals surface area contributed by atoms with Crippen LogP contribution in [0, 0.1) is 11.1 Å². The summed E-state index contributed by atoms with van der Waals surface area (Å²) >= 11 is 0. The number of benzene rings is 2. The third-order valence-electron chi connectivity index (χ3n) is 4.69. The van der Waals surface area contributed by atoms with Crippen LogP contribution >= 0.6 is 0 Å². The normalized spacial score (nSPS) is 18.4. The van der Waals surface area contributed by atoms with Crippen LogP contribution in [0.2, 0.25) is 0 Å². The van der Waals surface area contributed by atoms with E-state index in [1.165, 1.54) is 0 Å². The second-order valence-corrected chi connectivity index (χ2v) is 6.58. The quantitative estimate of drug-likeness (QED) is 0.492. The van der Waals surface area contributed by atoms with Crippen LogP contribution in [0.25, 0.3) is 0 Å². The van der Waals surface area contributed by atoms with Gasteiger partial charge < -0.3 is 15.1 Å². The second-order valence-electron chi connectivity index (χ2n) is 6.58. The molecule has 1 aliphatic heterocycles. The molecule has 0 fully saturated rings. The van der Waals surface area contributed by atoms with Gasteiger partial charge in [0.15, 0.2) is 12.3 Å². The summed E-state index contributed by atoms with van der Waals surface area (Å²) in [6, 6.07) is 18.8. The summed E-state index contributed by atoms with van der Waals surface area (Å²) in [5, 5.41) is 22.5. The van der Waals surface area contributed by atoms with Gasteiger partial charge in [0.25, 0.3) is 0 Å². The van der Waals surface area contributed by atoms with Crippen LogP contribution in [0.3, 0.4) is 0 Å². The molecule has 0 amide bonds. The second kappa shape index (κ2) is 8.63. The highest BCUT2D eigenvalue weighted by atomic mass is 16.5. The van der Waals surface area contributed by atoms with Gasteiger partial charge in [-0.3, -0.25) is 4.79 Å². The smallest absolute Gasteiger partial charge is 0.310 e. The maximum atomic E-state index is 12.4. The molecular formula is C21H23NO4. The zero-order chi connectivity index (χ0) is 18.4. The average Bonchev–Trinajstić information content (AvgIpc) is 2.69. The lowest BCUT2D eigenvalue weighted by molar-refractivity contribution is -0.467. The number of aliphatic hydroxyl groups is 1. The first-order valence-electron chi connectivity index (χ1n) is 8.86. The number of carbonyl (C=O) groups excluding carboxylic acids is 1. The highest BCUT2D eigenvalue weighted by Gasteiger charge is 2.32. The molecule has 5 nitrogen and oxygen atoms in total. The fourth-order valence-corrected chi connectivity index (χ4v) is 3.17. The van der Waals surface area contributed by atoms with Crippen LogP contribution < -0.4 is 0 Å². The lowest BCUT2D eigenvalue weighted by atomic mass is 9.91. The highest BCUT2D eigenvalue weighted by Crippen LogP contribution is 2.24. The van der Waals surface area contributed by atoms with E-state index in [1.54, 1.807) is 0 Å². The first-order chi connectivity index (χ1) is 12.6. The van der Waals surface area contributed by atoms with E-state index < -0.39 is 6.10 Å². The fraction of sp³-hybridized carbons (Fsp3) is 0.333. The van der Waals surface area contributed by atoms with Crippen LogP contribution in [0.4, 0.5) is 0 Å². The van der Waals surface area contributed by atoms with Crippen molar-refractivity contribution >= 4 is 11.7 Å². The molecule has 1 N–H and O–H groups in total. The van der Waals surface area contributed by atoms with Crippen molar-refractivity contribution in [3.8, 4) is 0 Å². The van der Waals surface area contributed by atoms with Crippen molar-refractivity contribution in [3.05, 3.63) is 77.0 Å². The number of rotatable bonds is 6. The summed E-state index contributed by atoms with van der Waals surface area (Å²) in [4.78, 5) is 12.4. The van der Waals surface area contributed by atoms with Crippen LogP contribution in [0.15, 0.2) is 60.7 Å². The van der Waals surface area contributed by atoms with Crippen LogP contribution in [-0.4, -0.2) is 28.1 Å². The Morgan fingerprint density at radius 1 is 1.15 bits per heavy atom. The Morgan fingerprint density at radius 3 is 2.50 bits per heavy atom. The molecule has 0 unspecified atom stereocenters. The largest absolute Gasteiger partial charge is 0.624 e. The minimum atomic E-state index is -0.748. The van der Waals surface area contributed by atoms with Crippen molar-refractivity contribution in [1.82, 2.24) is 0 Å². The molecule has 0 aliphatic carbocycles. The summed E-state index contributed by atoms with van der Waals surface area (Å²) in [6.45, 7) is 0.487. The lowest BCUT2D eigenvalue weighted by Crippen LogP contribution is -2.33. The summed E-state index contributed by atoms with van der Waals surface area (Å²) in [7, 11) is 0. The molecule has 5 heteroatoms. The molecule has 0 radical (unpaired) electrons. The van der Waals surface area contributed by atoms with Gasteiger partial charge in [0.1, 0.15) is 6.61 Å². The van der Waals surface area contributed by atoms with Crippen molar-refractivity contribution in [2.24, 2.45) is 5.92 Å². The fourth-order valence-electron chi connectivity index (χ4n) is 3.17. The third kappa shape index (κ3) is 4.70. The van der Waals surface area contributed by atoms with Crippen molar-refractivity contribution in [2.75, 3.05) is 6.54 Å². The van der Waals surface area contributed by atoms with Gasteiger partial charge in [-0.2, -0.15) is 0 Å². The van der Waals surface area contributed by atoms with Crippen LogP contribution in [0.5, 0.6) is 0 Å². The Morgan fingerprint density at radius 2 is 1.81 bits per heavy atom. The molecule has 0 bridgehead atoms. The molecule has 26 heavy (non-hydrogen) atoms. The minimum absolute atomic E-state index is 0.232.